The third-order valence-corrected chi connectivity index (χ3v) is 3.59. The first kappa shape index (κ1) is 16.1. The molecule has 1 heterocycles. The molecule has 0 spiro atoms. The summed E-state index contributed by atoms with van der Waals surface area (Å²) in [5, 5.41) is 24.5. The molecule has 1 aliphatic heterocycles. The summed E-state index contributed by atoms with van der Waals surface area (Å²) in [5.41, 5.74) is -0.585. The Balaban J connectivity index is 2.08. The summed E-state index contributed by atoms with van der Waals surface area (Å²) in [6, 6.07) is 9.20. The van der Waals surface area contributed by atoms with E-state index < -0.39 is 33.0 Å². The zero-order valence-corrected chi connectivity index (χ0v) is 12.5. The minimum Gasteiger partial charge on any atom is -0.323 e. The lowest BCUT2D eigenvalue weighted by Crippen LogP contribution is -2.42. The number of nitrogens with one attached hydrogen (secondary N) is 1. The van der Waals surface area contributed by atoms with Crippen LogP contribution in [0.2, 0.25) is 0 Å². The Hall–Kier alpha value is -3.82. The predicted molar refractivity (Wildman–Crippen MR) is 86.5 cm³/mol. The molecule has 0 bridgehead atoms. The monoisotopic (exact) mass is 342 g/mol. The van der Waals surface area contributed by atoms with E-state index in [1.807, 2.05) is 0 Å². The van der Waals surface area contributed by atoms with Crippen LogP contribution in [0.3, 0.4) is 0 Å². The quantitative estimate of drug-likeness (QED) is 0.670. The van der Waals surface area contributed by atoms with Crippen LogP contribution in [0.4, 0.5) is 22.7 Å². The van der Waals surface area contributed by atoms with Gasteiger partial charge in [0.05, 0.1) is 32.9 Å². The molecular formula is C15H10N4O6. The van der Waals surface area contributed by atoms with E-state index in [0.29, 0.717) is 11.4 Å². The highest BCUT2D eigenvalue weighted by atomic mass is 16.6. The van der Waals surface area contributed by atoms with Crippen molar-refractivity contribution in [1.29, 1.82) is 0 Å². The van der Waals surface area contributed by atoms with Gasteiger partial charge in [-0.25, -0.2) is 0 Å². The molecule has 25 heavy (non-hydrogen) atoms. The van der Waals surface area contributed by atoms with Gasteiger partial charge in [0.25, 0.3) is 17.3 Å². The minimum absolute atomic E-state index is 0.245. The number of nitro benzene ring substituents is 2. The Labute approximate surface area is 140 Å². The molecule has 0 unspecified atom stereocenters. The molecule has 2 aromatic rings. The second kappa shape index (κ2) is 6.00. The topological polar surface area (TPSA) is 136 Å². The SMILES string of the molecule is O=C1CN(C(=O)c2cc([N+](=O)[O-])cc([N+](=O)[O-])c2)c2ccccc2N1. The van der Waals surface area contributed by atoms with Crippen molar-refractivity contribution in [3.8, 4) is 0 Å². The van der Waals surface area contributed by atoms with Crippen molar-refractivity contribution in [2.75, 3.05) is 16.8 Å². The average molecular weight is 342 g/mol. The van der Waals surface area contributed by atoms with E-state index in [-0.39, 0.29) is 12.1 Å². The summed E-state index contributed by atoms with van der Waals surface area (Å²) >= 11 is 0. The van der Waals surface area contributed by atoms with Crippen LogP contribution in [0.5, 0.6) is 0 Å². The number of fused-ring (bicyclic) bond motifs is 1. The molecule has 2 aromatic carbocycles. The molecule has 0 saturated carbocycles. The molecule has 0 saturated heterocycles. The lowest BCUT2D eigenvalue weighted by Gasteiger charge is -2.29. The van der Waals surface area contributed by atoms with Crippen LogP contribution < -0.4 is 10.2 Å². The van der Waals surface area contributed by atoms with Gasteiger partial charge in [-0.05, 0) is 12.1 Å². The first-order chi connectivity index (χ1) is 11.9. The second-order valence-electron chi connectivity index (χ2n) is 5.21. The maximum Gasteiger partial charge on any atom is 0.277 e. The molecule has 10 heteroatoms. The molecule has 0 fully saturated rings. The number of non-ortho nitro benzene ring substituents is 2. The fraction of sp³-hybridized carbons (Fsp3) is 0.0667. The summed E-state index contributed by atoms with van der Waals surface area (Å²) in [7, 11) is 0. The molecule has 1 aliphatic rings. The predicted octanol–water partition coefficient (Wildman–Crippen LogP) is 2.10. The van der Waals surface area contributed by atoms with Crippen LogP contribution in [0.25, 0.3) is 0 Å². The molecule has 2 amide bonds. The van der Waals surface area contributed by atoms with E-state index in [2.05, 4.69) is 5.32 Å². The molecule has 0 aromatic heterocycles. The average Bonchev–Trinajstić information content (AvgIpc) is 2.59. The lowest BCUT2D eigenvalue weighted by molar-refractivity contribution is -0.394. The summed E-state index contributed by atoms with van der Waals surface area (Å²) in [6.07, 6.45) is 0. The van der Waals surface area contributed by atoms with E-state index in [0.717, 1.165) is 23.1 Å². The van der Waals surface area contributed by atoms with E-state index in [9.17, 15) is 29.8 Å². The Morgan fingerprint density at radius 3 is 2.24 bits per heavy atom. The van der Waals surface area contributed by atoms with E-state index in [1.165, 1.54) is 0 Å². The van der Waals surface area contributed by atoms with E-state index >= 15 is 0 Å². The van der Waals surface area contributed by atoms with Crippen LogP contribution in [0.15, 0.2) is 42.5 Å². The number of benzene rings is 2. The molecular weight excluding hydrogens is 332 g/mol. The van der Waals surface area contributed by atoms with Crippen molar-refractivity contribution >= 4 is 34.6 Å². The Kier molecular flexibility index (Phi) is 3.85. The zero-order valence-electron chi connectivity index (χ0n) is 12.5. The van der Waals surface area contributed by atoms with Gasteiger partial charge in [0, 0.05) is 12.1 Å². The van der Waals surface area contributed by atoms with Gasteiger partial charge in [-0.15, -0.1) is 0 Å². The number of carbonyl (C=O) groups excluding carboxylic acids is 2. The van der Waals surface area contributed by atoms with Gasteiger partial charge in [-0.1, -0.05) is 12.1 Å². The maximum absolute atomic E-state index is 12.8. The van der Waals surface area contributed by atoms with Gasteiger partial charge < -0.3 is 5.32 Å². The number of hydrogen-bond donors (Lipinski definition) is 1. The number of carbonyl (C=O) groups is 2. The van der Waals surface area contributed by atoms with Crippen molar-refractivity contribution in [3.05, 3.63) is 68.3 Å². The van der Waals surface area contributed by atoms with Gasteiger partial charge >= 0.3 is 0 Å². The van der Waals surface area contributed by atoms with Crippen molar-refractivity contribution in [3.63, 3.8) is 0 Å². The number of anilines is 2. The molecule has 1 N–H and O–H groups in total. The Bertz CT molecular complexity index is 894. The fourth-order valence-corrected chi connectivity index (χ4v) is 2.50. The molecule has 126 valence electrons. The first-order valence-electron chi connectivity index (χ1n) is 7.01. The van der Waals surface area contributed by atoms with Crippen molar-refractivity contribution < 1.29 is 19.4 Å². The van der Waals surface area contributed by atoms with Gasteiger partial charge in [-0.3, -0.25) is 34.7 Å². The molecule has 0 aliphatic carbocycles. The first-order valence-corrected chi connectivity index (χ1v) is 7.01. The Morgan fingerprint density at radius 2 is 1.64 bits per heavy atom. The Morgan fingerprint density at radius 1 is 1.04 bits per heavy atom. The van der Waals surface area contributed by atoms with Crippen LogP contribution in [0, 0.1) is 20.2 Å². The highest BCUT2D eigenvalue weighted by molar-refractivity contribution is 6.15. The highest BCUT2D eigenvalue weighted by Gasteiger charge is 2.29. The van der Waals surface area contributed by atoms with Crippen molar-refractivity contribution in [2.24, 2.45) is 0 Å². The smallest absolute Gasteiger partial charge is 0.277 e. The lowest BCUT2D eigenvalue weighted by atomic mass is 10.1. The molecule has 3 rings (SSSR count). The minimum atomic E-state index is -0.819. The number of nitrogens with zero attached hydrogens (tertiary/aromatic N) is 3. The summed E-state index contributed by atoms with van der Waals surface area (Å²) in [5.74, 6) is -1.18. The van der Waals surface area contributed by atoms with Gasteiger partial charge in [0.15, 0.2) is 0 Å². The fourth-order valence-electron chi connectivity index (χ4n) is 2.50. The van der Waals surface area contributed by atoms with Gasteiger partial charge in [0.2, 0.25) is 5.91 Å². The van der Waals surface area contributed by atoms with Crippen LogP contribution >= 0.6 is 0 Å². The molecule has 0 radical (unpaired) electrons. The summed E-state index contributed by atoms with van der Waals surface area (Å²) < 4.78 is 0. The summed E-state index contributed by atoms with van der Waals surface area (Å²) in [4.78, 5) is 46.0. The van der Waals surface area contributed by atoms with Crippen molar-refractivity contribution in [1.82, 2.24) is 0 Å². The number of hydrogen-bond acceptors (Lipinski definition) is 6. The third kappa shape index (κ3) is 3.00. The van der Waals surface area contributed by atoms with E-state index in [1.54, 1.807) is 24.3 Å². The highest BCUT2D eigenvalue weighted by Crippen LogP contribution is 2.31. The third-order valence-electron chi connectivity index (χ3n) is 3.59. The normalized spacial score (nSPS) is 13.0. The number of amides is 2. The standard InChI is InChI=1S/C15H10N4O6/c20-14-8-17(13-4-2-1-3-12(13)16-14)15(21)9-5-10(18(22)23)7-11(6-9)19(24)25/h1-7H,8H2,(H,16,20). The number of para-hydroxylation sites is 2. The molecule has 0 atom stereocenters. The number of rotatable bonds is 3. The molecule has 10 nitrogen and oxygen atoms in total. The van der Waals surface area contributed by atoms with Crippen LogP contribution in [-0.4, -0.2) is 28.2 Å². The second-order valence-corrected chi connectivity index (χ2v) is 5.21. The van der Waals surface area contributed by atoms with Gasteiger partial charge in [-0.2, -0.15) is 0 Å². The maximum atomic E-state index is 12.8. The largest absolute Gasteiger partial charge is 0.323 e. The summed E-state index contributed by atoms with van der Waals surface area (Å²) in [6.45, 7) is -0.299. The van der Waals surface area contributed by atoms with Crippen molar-refractivity contribution in [2.45, 2.75) is 0 Å². The van der Waals surface area contributed by atoms with Crippen LogP contribution in [-0.2, 0) is 4.79 Å². The number of nitro groups is 2. The van der Waals surface area contributed by atoms with Crippen LogP contribution in [0.1, 0.15) is 10.4 Å². The zero-order chi connectivity index (χ0) is 18.1. The van der Waals surface area contributed by atoms with E-state index in [4.69, 9.17) is 0 Å². The van der Waals surface area contributed by atoms with Gasteiger partial charge in [0.1, 0.15) is 6.54 Å².